The number of hydrogen-bond donors (Lipinski definition) is 0. The fraction of sp³-hybridized carbons (Fsp3) is 0.136. The van der Waals surface area contributed by atoms with Crippen molar-refractivity contribution in [2.75, 3.05) is 18.4 Å². The highest BCUT2D eigenvalue weighted by atomic mass is 35.5. The summed E-state index contributed by atoms with van der Waals surface area (Å²) >= 11 is 6.30. The molecular formula is C22H20ClFN2O3S. The number of nitrogens with zero attached hydrogens (tertiary/aromatic N) is 2. The van der Waals surface area contributed by atoms with Gasteiger partial charge in [-0.1, -0.05) is 48.0 Å². The number of amides is 1. The van der Waals surface area contributed by atoms with Gasteiger partial charge in [-0.25, -0.2) is 12.8 Å². The minimum atomic E-state index is -3.77. The van der Waals surface area contributed by atoms with Gasteiger partial charge in [-0.2, -0.15) is 0 Å². The van der Waals surface area contributed by atoms with Crippen molar-refractivity contribution in [2.24, 2.45) is 0 Å². The van der Waals surface area contributed by atoms with Crippen LogP contribution in [0.15, 0.2) is 77.7 Å². The number of hydrogen-bond acceptors (Lipinski definition) is 3. The molecular weight excluding hydrogens is 427 g/mol. The van der Waals surface area contributed by atoms with Crippen molar-refractivity contribution in [2.45, 2.75) is 11.4 Å². The van der Waals surface area contributed by atoms with E-state index in [2.05, 4.69) is 0 Å². The molecule has 5 nitrogen and oxygen atoms in total. The van der Waals surface area contributed by atoms with E-state index in [9.17, 15) is 17.6 Å². The number of halogens is 2. The number of rotatable bonds is 6. The maximum atomic E-state index is 13.9. The molecule has 0 bridgehead atoms. The quantitative estimate of drug-likeness (QED) is 0.557. The average molecular weight is 447 g/mol. The van der Waals surface area contributed by atoms with Crippen LogP contribution in [-0.2, 0) is 16.6 Å². The number of sulfonamides is 1. The van der Waals surface area contributed by atoms with Crippen molar-refractivity contribution in [1.29, 1.82) is 0 Å². The van der Waals surface area contributed by atoms with E-state index >= 15 is 0 Å². The van der Waals surface area contributed by atoms with Gasteiger partial charge in [0.15, 0.2) is 0 Å². The highest BCUT2D eigenvalue weighted by molar-refractivity contribution is 7.92. The Labute approximate surface area is 180 Å². The monoisotopic (exact) mass is 446 g/mol. The van der Waals surface area contributed by atoms with Crippen LogP contribution in [0, 0.1) is 5.82 Å². The minimum absolute atomic E-state index is 0.0753. The second kappa shape index (κ2) is 8.85. The molecule has 0 unspecified atom stereocenters. The van der Waals surface area contributed by atoms with E-state index in [1.54, 1.807) is 43.4 Å². The van der Waals surface area contributed by atoms with Crippen molar-refractivity contribution in [3.8, 4) is 0 Å². The molecule has 0 saturated carbocycles. The molecule has 0 aliphatic rings. The summed E-state index contributed by atoms with van der Waals surface area (Å²) in [6, 6.07) is 18.6. The third-order valence-corrected chi connectivity index (χ3v) is 6.77. The van der Waals surface area contributed by atoms with Crippen LogP contribution in [0.25, 0.3) is 0 Å². The highest BCUT2D eigenvalue weighted by Crippen LogP contribution is 2.28. The van der Waals surface area contributed by atoms with Crippen LogP contribution >= 0.6 is 11.6 Å². The molecule has 0 aliphatic carbocycles. The summed E-state index contributed by atoms with van der Waals surface area (Å²) in [5.74, 6) is -0.797. The lowest BCUT2D eigenvalue weighted by molar-refractivity contribution is 0.0784. The molecule has 0 N–H and O–H groups in total. The molecule has 0 saturated heterocycles. The molecule has 3 aromatic rings. The molecule has 156 valence electrons. The van der Waals surface area contributed by atoms with Crippen LogP contribution in [-0.4, -0.2) is 33.3 Å². The van der Waals surface area contributed by atoms with E-state index in [0.717, 1.165) is 4.31 Å². The zero-order valence-electron chi connectivity index (χ0n) is 16.4. The van der Waals surface area contributed by atoms with E-state index in [4.69, 9.17) is 11.6 Å². The first-order valence-electron chi connectivity index (χ1n) is 9.04. The maximum absolute atomic E-state index is 13.9. The molecule has 0 heterocycles. The molecule has 0 fully saturated rings. The molecule has 0 radical (unpaired) electrons. The predicted molar refractivity (Wildman–Crippen MR) is 116 cm³/mol. The summed E-state index contributed by atoms with van der Waals surface area (Å²) in [7, 11) is -0.803. The summed E-state index contributed by atoms with van der Waals surface area (Å²) in [6.45, 7) is 0.0753. The normalized spacial score (nSPS) is 11.2. The number of carbonyl (C=O) groups is 1. The molecule has 0 atom stereocenters. The van der Waals surface area contributed by atoms with Gasteiger partial charge in [0.05, 0.1) is 21.2 Å². The van der Waals surface area contributed by atoms with Crippen LogP contribution in [0.5, 0.6) is 0 Å². The summed E-state index contributed by atoms with van der Waals surface area (Å²) in [5.41, 5.74) is 0.900. The zero-order valence-corrected chi connectivity index (χ0v) is 18.0. The molecule has 0 aliphatic heterocycles. The van der Waals surface area contributed by atoms with E-state index in [-0.39, 0.29) is 22.0 Å². The Bertz CT molecular complexity index is 1170. The smallest absolute Gasteiger partial charge is 0.264 e. The van der Waals surface area contributed by atoms with Crippen LogP contribution in [0.2, 0.25) is 5.02 Å². The van der Waals surface area contributed by atoms with E-state index in [0.29, 0.717) is 11.3 Å². The molecule has 1 amide bonds. The van der Waals surface area contributed by atoms with E-state index in [1.165, 1.54) is 48.3 Å². The van der Waals surface area contributed by atoms with Gasteiger partial charge in [-0.3, -0.25) is 9.10 Å². The topological polar surface area (TPSA) is 57.7 Å². The summed E-state index contributed by atoms with van der Waals surface area (Å²) in [6.07, 6.45) is 0. The Kier molecular flexibility index (Phi) is 6.43. The Balaban J connectivity index is 1.82. The van der Waals surface area contributed by atoms with Crippen molar-refractivity contribution in [3.63, 3.8) is 0 Å². The fourth-order valence-corrected chi connectivity index (χ4v) is 4.39. The van der Waals surface area contributed by atoms with Crippen molar-refractivity contribution >= 4 is 33.2 Å². The average Bonchev–Trinajstić information content (AvgIpc) is 2.74. The third-order valence-electron chi connectivity index (χ3n) is 4.66. The zero-order chi connectivity index (χ0) is 21.9. The number of benzene rings is 3. The molecule has 0 spiro atoms. The number of carbonyl (C=O) groups excluding carboxylic acids is 1. The van der Waals surface area contributed by atoms with Crippen molar-refractivity contribution < 1.29 is 17.6 Å². The second-order valence-corrected chi connectivity index (χ2v) is 9.08. The Hall–Kier alpha value is -2.90. The Morgan fingerprint density at radius 1 is 0.967 bits per heavy atom. The van der Waals surface area contributed by atoms with Crippen LogP contribution < -0.4 is 4.31 Å². The lowest BCUT2D eigenvalue weighted by atomic mass is 10.1. The van der Waals surface area contributed by atoms with Gasteiger partial charge < -0.3 is 4.90 Å². The van der Waals surface area contributed by atoms with Gasteiger partial charge in [0.2, 0.25) is 0 Å². The molecule has 8 heteroatoms. The van der Waals surface area contributed by atoms with Gasteiger partial charge in [-0.05, 0) is 36.4 Å². The summed E-state index contributed by atoms with van der Waals surface area (Å²) < 4.78 is 40.5. The van der Waals surface area contributed by atoms with E-state index < -0.39 is 21.7 Å². The fourth-order valence-electron chi connectivity index (χ4n) is 2.92. The van der Waals surface area contributed by atoms with Gasteiger partial charge in [-0.15, -0.1) is 0 Å². The van der Waals surface area contributed by atoms with Gasteiger partial charge in [0, 0.05) is 26.2 Å². The second-order valence-electron chi connectivity index (χ2n) is 6.70. The number of anilines is 1. The van der Waals surface area contributed by atoms with Gasteiger partial charge in [0.25, 0.3) is 15.9 Å². The van der Waals surface area contributed by atoms with Gasteiger partial charge >= 0.3 is 0 Å². The Morgan fingerprint density at radius 2 is 1.60 bits per heavy atom. The minimum Gasteiger partial charge on any atom is -0.337 e. The van der Waals surface area contributed by atoms with E-state index in [1.807, 2.05) is 0 Å². The van der Waals surface area contributed by atoms with Gasteiger partial charge in [0.1, 0.15) is 5.82 Å². The summed E-state index contributed by atoms with van der Waals surface area (Å²) in [4.78, 5) is 14.3. The highest BCUT2D eigenvalue weighted by Gasteiger charge is 2.23. The molecule has 3 aromatic carbocycles. The van der Waals surface area contributed by atoms with Crippen molar-refractivity contribution in [3.05, 3.63) is 94.8 Å². The lowest BCUT2D eigenvalue weighted by Crippen LogP contribution is -2.28. The molecule has 0 aromatic heterocycles. The maximum Gasteiger partial charge on any atom is 0.264 e. The van der Waals surface area contributed by atoms with Crippen LogP contribution in [0.1, 0.15) is 15.9 Å². The molecule has 30 heavy (non-hydrogen) atoms. The lowest BCUT2D eigenvalue weighted by Gasteiger charge is -2.22. The molecule has 3 rings (SSSR count). The standard InChI is InChI=1S/C22H20ClFN2O3S/c1-25(15-16-8-6-7-11-21(16)24)22(27)19-13-12-17(14-20(19)23)26(2)30(28,29)18-9-4-3-5-10-18/h3-14H,15H2,1-2H3. The van der Waals surface area contributed by atoms with Crippen molar-refractivity contribution in [1.82, 2.24) is 4.90 Å². The SMILES string of the molecule is CN(Cc1ccccc1F)C(=O)c1ccc(N(C)S(=O)(=O)c2ccccc2)cc1Cl. The largest absolute Gasteiger partial charge is 0.337 e. The summed E-state index contributed by atoms with van der Waals surface area (Å²) in [5, 5.41) is 0.105. The van der Waals surface area contributed by atoms with Crippen LogP contribution in [0.4, 0.5) is 10.1 Å². The van der Waals surface area contributed by atoms with Crippen LogP contribution in [0.3, 0.4) is 0 Å². The predicted octanol–water partition coefficient (Wildman–Crippen LogP) is 4.58. The third kappa shape index (κ3) is 4.47. The first-order chi connectivity index (χ1) is 14.2. The first-order valence-corrected chi connectivity index (χ1v) is 10.9. The Morgan fingerprint density at radius 3 is 2.23 bits per heavy atom. The first kappa shape index (κ1) is 21.8.